The van der Waals surface area contributed by atoms with Crippen molar-refractivity contribution in [2.45, 2.75) is 26.3 Å². The van der Waals surface area contributed by atoms with Gasteiger partial charge in [0.2, 0.25) is 5.91 Å². The van der Waals surface area contributed by atoms with Gasteiger partial charge in [-0.05, 0) is 13.8 Å². The number of nitrogens with one attached hydrogen (secondary N) is 1. The number of carbonyl (C=O) groups excluding carboxylic acids is 1. The summed E-state index contributed by atoms with van der Waals surface area (Å²) in [6.45, 7) is 6.50. The Bertz CT molecular complexity index is 169. The summed E-state index contributed by atoms with van der Waals surface area (Å²) >= 11 is 0. The maximum atomic E-state index is 11.4. The van der Waals surface area contributed by atoms with Gasteiger partial charge in [-0.3, -0.25) is 4.79 Å². The lowest BCUT2D eigenvalue weighted by Gasteiger charge is -2.26. The Kier molecular flexibility index (Phi) is 4.95. The maximum absolute atomic E-state index is 11.4. The quantitative estimate of drug-likeness (QED) is 0.644. The molecule has 1 amide bonds. The Morgan fingerprint density at radius 1 is 1.62 bits per heavy atom. The molecule has 0 aliphatic carbocycles. The second-order valence-corrected chi connectivity index (χ2v) is 3.94. The van der Waals surface area contributed by atoms with E-state index in [0.29, 0.717) is 13.2 Å². The van der Waals surface area contributed by atoms with Gasteiger partial charge in [-0.1, -0.05) is 6.92 Å². The van der Waals surface area contributed by atoms with E-state index in [1.165, 1.54) is 0 Å². The van der Waals surface area contributed by atoms with Gasteiger partial charge in [0.05, 0.1) is 12.1 Å². The molecule has 0 aromatic carbocycles. The molecule has 0 aromatic heterocycles. The van der Waals surface area contributed by atoms with Crippen molar-refractivity contribution in [1.29, 1.82) is 0 Å². The molecule has 0 heterocycles. The van der Waals surface area contributed by atoms with Gasteiger partial charge in [-0.25, -0.2) is 0 Å². The summed E-state index contributed by atoms with van der Waals surface area (Å²) in [7, 11) is 1.61. The number of amides is 1. The standard InChI is InChI=1S/C9H20N2O2/c1-7(5-10)8(12)11-9(2,3)6-13-4/h7H,5-6,10H2,1-4H3,(H,11,12). The molecule has 0 aromatic rings. The van der Waals surface area contributed by atoms with Gasteiger partial charge in [0.25, 0.3) is 0 Å². The third kappa shape index (κ3) is 4.85. The van der Waals surface area contributed by atoms with Gasteiger partial charge in [0.15, 0.2) is 0 Å². The van der Waals surface area contributed by atoms with E-state index in [-0.39, 0.29) is 17.4 Å². The van der Waals surface area contributed by atoms with E-state index in [0.717, 1.165) is 0 Å². The van der Waals surface area contributed by atoms with Crippen LogP contribution in [0.2, 0.25) is 0 Å². The summed E-state index contributed by atoms with van der Waals surface area (Å²) in [5.41, 5.74) is 5.05. The predicted molar refractivity (Wildman–Crippen MR) is 52.3 cm³/mol. The average molecular weight is 188 g/mol. The van der Waals surface area contributed by atoms with Crippen LogP contribution in [0.15, 0.2) is 0 Å². The Balaban J connectivity index is 4.03. The van der Waals surface area contributed by atoms with Crippen molar-refractivity contribution in [3.05, 3.63) is 0 Å². The largest absolute Gasteiger partial charge is 0.382 e. The Morgan fingerprint density at radius 2 is 2.15 bits per heavy atom. The van der Waals surface area contributed by atoms with Crippen molar-refractivity contribution in [2.75, 3.05) is 20.3 Å². The molecule has 0 saturated heterocycles. The van der Waals surface area contributed by atoms with Gasteiger partial charge in [0, 0.05) is 19.6 Å². The smallest absolute Gasteiger partial charge is 0.224 e. The van der Waals surface area contributed by atoms with Gasteiger partial charge in [0.1, 0.15) is 0 Å². The van der Waals surface area contributed by atoms with E-state index < -0.39 is 0 Å². The molecule has 78 valence electrons. The zero-order valence-electron chi connectivity index (χ0n) is 8.89. The number of hydrogen-bond acceptors (Lipinski definition) is 3. The van der Waals surface area contributed by atoms with Gasteiger partial charge >= 0.3 is 0 Å². The third-order valence-corrected chi connectivity index (χ3v) is 1.77. The molecule has 0 rings (SSSR count). The van der Waals surface area contributed by atoms with Crippen LogP contribution in [0.3, 0.4) is 0 Å². The van der Waals surface area contributed by atoms with Gasteiger partial charge in [-0.15, -0.1) is 0 Å². The van der Waals surface area contributed by atoms with Crippen molar-refractivity contribution in [1.82, 2.24) is 5.32 Å². The topological polar surface area (TPSA) is 64.3 Å². The third-order valence-electron chi connectivity index (χ3n) is 1.77. The van der Waals surface area contributed by atoms with E-state index in [4.69, 9.17) is 10.5 Å². The highest BCUT2D eigenvalue weighted by molar-refractivity contribution is 5.79. The molecule has 1 unspecified atom stereocenters. The minimum absolute atomic E-state index is 0.0236. The van der Waals surface area contributed by atoms with Crippen LogP contribution in [0.25, 0.3) is 0 Å². The van der Waals surface area contributed by atoms with Crippen LogP contribution in [-0.2, 0) is 9.53 Å². The second kappa shape index (κ2) is 5.19. The molecule has 13 heavy (non-hydrogen) atoms. The second-order valence-electron chi connectivity index (χ2n) is 3.94. The van der Waals surface area contributed by atoms with Crippen molar-refractivity contribution in [2.24, 2.45) is 11.7 Å². The zero-order valence-corrected chi connectivity index (χ0v) is 8.89. The number of carbonyl (C=O) groups is 1. The molecule has 0 bridgehead atoms. The monoisotopic (exact) mass is 188 g/mol. The van der Waals surface area contributed by atoms with Crippen molar-refractivity contribution in [3.8, 4) is 0 Å². The first kappa shape index (κ1) is 12.4. The molecule has 0 aliphatic heterocycles. The Morgan fingerprint density at radius 3 is 2.54 bits per heavy atom. The minimum Gasteiger partial charge on any atom is -0.382 e. The summed E-state index contributed by atoms with van der Waals surface area (Å²) in [6, 6.07) is 0. The van der Waals surface area contributed by atoms with E-state index in [1.54, 1.807) is 14.0 Å². The van der Waals surface area contributed by atoms with Gasteiger partial charge in [-0.2, -0.15) is 0 Å². The molecule has 0 spiro atoms. The number of ether oxygens (including phenoxy) is 1. The first-order chi connectivity index (χ1) is 5.93. The Labute approximate surface area is 79.8 Å². The lowest BCUT2D eigenvalue weighted by atomic mass is 10.0. The van der Waals surface area contributed by atoms with E-state index in [9.17, 15) is 4.79 Å². The molecular weight excluding hydrogens is 168 g/mol. The summed E-state index contributed by atoms with van der Waals surface area (Å²) < 4.78 is 4.97. The minimum atomic E-state index is -0.324. The zero-order chi connectivity index (χ0) is 10.5. The van der Waals surface area contributed by atoms with Crippen molar-refractivity contribution < 1.29 is 9.53 Å². The summed E-state index contributed by atoms with van der Waals surface area (Å²) in [5.74, 6) is -0.166. The van der Waals surface area contributed by atoms with Crippen LogP contribution in [-0.4, -0.2) is 31.7 Å². The fraction of sp³-hybridized carbons (Fsp3) is 0.889. The number of rotatable bonds is 5. The molecule has 0 aliphatic rings. The molecule has 4 heteroatoms. The molecule has 0 fully saturated rings. The summed E-state index contributed by atoms with van der Waals surface area (Å²) in [4.78, 5) is 11.4. The number of hydrogen-bond donors (Lipinski definition) is 2. The van der Waals surface area contributed by atoms with Crippen LogP contribution in [0.5, 0.6) is 0 Å². The Hall–Kier alpha value is -0.610. The molecule has 0 radical (unpaired) electrons. The lowest BCUT2D eigenvalue weighted by Crippen LogP contribution is -2.49. The summed E-state index contributed by atoms with van der Waals surface area (Å²) in [5, 5.41) is 2.86. The van der Waals surface area contributed by atoms with Crippen molar-refractivity contribution in [3.63, 3.8) is 0 Å². The predicted octanol–water partition coefficient (Wildman–Crippen LogP) is 0.122. The molecule has 3 N–H and O–H groups in total. The lowest BCUT2D eigenvalue weighted by molar-refractivity contribution is -0.126. The molecule has 0 saturated carbocycles. The first-order valence-electron chi connectivity index (χ1n) is 4.44. The van der Waals surface area contributed by atoms with E-state index in [1.807, 2.05) is 13.8 Å². The highest BCUT2D eigenvalue weighted by Gasteiger charge is 2.22. The SMILES string of the molecule is COCC(C)(C)NC(=O)C(C)CN. The summed E-state index contributed by atoms with van der Waals surface area (Å²) in [6.07, 6.45) is 0. The average Bonchev–Trinajstić information content (AvgIpc) is 2.01. The van der Waals surface area contributed by atoms with Crippen LogP contribution < -0.4 is 11.1 Å². The van der Waals surface area contributed by atoms with Crippen LogP contribution >= 0.6 is 0 Å². The van der Waals surface area contributed by atoms with Crippen LogP contribution in [0.4, 0.5) is 0 Å². The highest BCUT2D eigenvalue weighted by Crippen LogP contribution is 2.04. The van der Waals surface area contributed by atoms with E-state index in [2.05, 4.69) is 5.32 Å². The fourth-order valence-corrected chi connectivity index (χ4v) is 0.961. The number of methoxy groups -OCH3 is 1. The van der Waals surface area contributed by atoms with Crippen LogP contribution in [0, 0.1) is 5.92 Å². The molecule has 4 nitrogen and oxygen atoms in total. The van der Waals surface area contributed by atoms with Crippen LogP contribution in [0.1, 0.15) is 20.8 Å². The fourth-order valence-electron chi connectivity index (χ4n) is 0.961. The maximum Gasteiger partial charge on any atom is 0.224 e. The highest BCUT2D eigenvalue weighted by atomic mass is 16.5. The van der Waals surface area contributed by atoms with Gasteiger partial charge < -0.3 is 15.8 Å². The number of nitrogens with two attached hydrogens (primary N) is 1. The van der Waals surface area contributed by atoms with Crippen molar-refractivity contribution >= 4 is 5.91 Å². The molecule has 1 atom stereocenters. The normalized spacial score (nSPS) is 13.9. The van der Waals surface area contributed by atoms with E-state index >= 15 is 0 Å². The first-order valence-corrected chi connectivity index (χ1v) is 4.44. The molecular formula is C9H20N2O2.